The van der Waals surface area contributed by atoms with Crippen LogP contribution in [0.15, 0.2) is 24.3 Å². The molecule has 0 radical (unpaired) electrons. The number of amides is 6. The van der Waals surface area contributed by atoms with Gasteiger partial charge in [-0.25, -0.2) is 0 Å². The Morgan fingerprint density at radius 2 is 1.56 bits per heavy atom. The van der Waals surface area contributed by atoms with E-state index in [-0.39, 0.29) is 30.9 Å². The van der Waals surface area contributed by atoms with E-state index in [4.69, 9.17) is 16.6 Å². The lowest BCUT2D eigenvalue weighted by molar-refractivity contribution is -0.140. The summed E-state index contributed by atoms with van der Waals surface area (Å²) in [5.74, 6) is -6.64. The van der Waals surface area contributed by atoms with Gasteiger partial charge in [0.15, 0.2) is 0 Å². The van der Waals surface area contributed by atoms with Gasteiger partial charge in [-0.3, -0.25) is 33.6 Å². The summed E-state index contributed by atoms with van der Waals surface area (Å²) in [6.07, 6.45) is 0.571. The fraction of sp³-hybridized carbons (Fsp3) is 0.500. The zero-order valence-electron chi connectivity index (χ0n) is 23.9. The highest BCUT2D eigenvalue weighted by Crippen LogP contribution is 2.18. The fourth-order valence-corrected chi connectivity index (χ4v) is 4.70. The molecule has 0 aromatic heterocycles. The Morgan fingerprint density at radius 1 is 0.956 bits per heavy atom. The molecule has 0 unspecified atom stereocenters. The van der Waals surface area contributed by atoms with E-state index in [0.29, 0.717) is 12.0 Å². The predicted octanol–water partition coefficient (Wildman–Crippen LogP) is -4.39. The van der Waals surface area contributed by atoms with Gasteiger partial charge in [0.05, 0.1) is 13.2 Å². The van der Waals surface area contributed by atoms with Crippen molar-refractivity contribution in [3.63, 3.8) is 0 Å². The molecule has 6 amide bonds. The van der Waals surface area contributed by atoms with Gasteiger partial charge in [-0.2, -0.15) is 25.3 Å². The fourth-order valence-electron chi connectivity index (χ4n) is 4.31. The van der Waals surface area contributed by atoms with Crippen LogP contribution >= 0.6 is 25.3 Å². The average molecular weight is 672 g/mol. The maximum Gasteiger partial charge on any atom is 0.318 e. The van der Waals surface area contributed by atoms with Crippen LogP contribution in [0, 0.1) is 0 Å². The van der Waals surface area contributed by atoms with Gasteiger partial charge in [-0.1, -0.05) is 12.1 Å². The number of carbonyl (C=O) groups excluding carboxylic acids is 6. The summed E-state index contributed by atoms with van der Waals surface area (Å²) in [7, 11) is 0. The minimum atomic E-state index is -1.53. The van der Waals surface area contributed by atoms with Gasteiger partial charge < -0.3 is 53.0 Å². The molecule has 1 fully saturated rings. The third kappa shape index (κ3) is 10.8. The molecule has 11 N–H and O–H groups in total. The number of thiol groups is 2. The summed E-state index contributed by atoms with van der Waals surface area (Å²) >= 11 is 7.88. The van der Waals surface area contributed by atoms with E-state index in [1.165, 1.54) is 29.2 Å². The Kier molecular flexibility index (Phi) is 14.4. The molecule has 2 rings (SSSR count). The largest absolute Gasteiger partial charge is 0.508 e. The number of likely N-dealkylation sites (tertiary alicyclic amines) is 1. The third-order valence-corrected chi connectivity index (χ3v) is 7.76. The number of aliphatic carboxylic acids is 1. The summed E-state index contributed by atoms with van der Waals surface area (Å²) < 4.78 is 0. The van der Waals surface area contributed by atoms with Gasteiger partial charge in [-0.15, -0.1) is 0 Å². The molecule has 1 aromatic carbocycles. The van der Waals surface area contributed by atoms with E-state index in [2.05, 4.69) is 46.5 Å². The van der Waals surface area contributed by atoms with Crippen molar-refractivity contribution in [2.24, 2.45) is 11.5 Å². The number of nitrogens with two attached hydrogens (primary N) is 2. The minimum Gasteiger partial charge on any atom is -0.508 e. The molecule has 248 valence electrons. The molecule has 1 aliphatic heterocycles. The van der Waals surface area contributed by atoms with Crippen molar-refractivity contribution < 1.29 is 48.9 Å². The molecule has 1 saturated heterocycles. The van der Waals surface area contributed by atoms with Crippen molar-refractivity contribution in [2.75, 3.05) is 25.4 Å². The van der Waals surface area contributed by atoms with Crippen LogP contribution in [-0.4, -0.2) is 123 Å². The second-order valence-corrected chi connectivity index (χ2v) is 11.0. The first-order valence-electron chi connectivity index (χ1n) is 13.6. The Morgan fingerprint density at radius 3 is 2.11 bits per heavy atom. The monoisotopic (exact) mass is 671 g/mol. The summed E-state index contributed by atoms with van der Waals surface area (Å²) in [6.45, 7) is -1.19. The summed E-state index contributed by atoms with van der Waals surface area (Å²) in [5.41, 5.74) is 11.3. The zero-order valence-corrected chi connectivity index (χ0v) is 25.7. The second kappa shape index (κ2) is 17.4. The summed E-state index contributed by atoms with van der Waals surface area (Å²) in [6, 6.07) is -0.826. The van der Waals surface area contributed by atoms with Gasteiger partial charge in [0.2, 0.25) is 35.4 Å². The van der Waals surface area contributed by atoms with Crippen molar-refractivity contribution in [2.45, 2.75) is 54.7 Å². The van der Waals surface area contributed by atoms with Gasteiger partial charge in [0.25, 0.3) is 0 Å². The first-order chi connectivity index (χ1) is 21.2. The van der Waals surface area contributed by atoms with Crippen molar-refractivity contribution in [3.05, 3.63) is 29.8 Å². The Bertz CT molecular complexity index is 1270. The van der Waals surface area contributed by atoms with E-state index in [1.807, 2.05) is 0 Å². The molecule has 17 nitrogen and oxygen atoms in total. The average Bonchev–Trinajstić information content (AvgIpc) is 3.51. The van der Waals surface area contributed by atoms with Crippen LogP contribution in [0.2, 0.25) is 0 Å². The van der Waals surface area contributed by atoms with Crippen LogP contribution in [0.1, 0.15) is 18.4 Å². The number of hydrogen-bond acceptors (Lipinski definition) is 12. The van der Waals surface area contributed by atoms with E-state index in [0.717, 1.165) is 0 Å². The van der Waals surface area contributed by atoms with E-state index in [9.17, 15) is 43.8 Å². The number of nitrogens with one attached hydrogen (secondary N) is 4. The molecule has 1 aliphatic rings. The van der Waals surface area contributed by atoms with E-state index >= 15 is 0 Å². The number of aliphatic hydroxyl groups excluding tert-OH is 1. The number of carboxylic acids is 1. The SMILES string of the molecule is NC(=O)[C@H](CO)NC(=O)[C@H](Cc1ccc(O)cc1)NC(=O)[C@H](CS)NC(=O)[C@@H]1CCCN1C(=O)CNC(=O)[C@@H](N)[C@@H](S)C(=O)O. The highest BCUT2D eigenvalue weighted by molar-refractivity contribution is 7.81. The Hall–Kier alpha value is -4.07. The van der Waals surface area contributed by atoms with Gasteiger partial charge in [0.1, 0.15) is 41.2 Å². The molecule has 19 heteroatoms. The highest BCUT2D eigenvalue weighted by Gasteiger charge is 2.37. The number of aliphatic hydroxyl groups is 1. The Balaban J connectivity index is 2.09. The van der Waals surface area contributed by atoms with Gasteiger partial charge in [-0.05, 0) is 30.5 Å². The topological polar surface area (TPSA) is 284 Å². The maximum absolute atomic E-state index is 13.2. The highest BCUT2D eigenvalue weighted by atomic mass is 32.1. The quantitative estimate of drug-likeness (QED) is 0.0747. The van der Waals surface area contributed by atoms with Crippen LogP contribution in [0.3, 0.4) is 0 Å². The molecule has 0 bridgehead atoms. The molecule has 6 atom stereocenters. The standard InChI is InChI=1S/C26H37N7O10S2/c27-19(20(45)26(42)43)25(41)29-9-18(36)33-7-1-2-17(33)24(40)32-16(11-44)23(39)30-14(8-12-3-5-13(35)6-4-12)22(38)31-15(10-34)21(28)37/h3-6,14-17,19-20,34-35,44-45H,1-2,7-11,27H2,(H2,28,37)(H,29,41)(H,30,39)(H,31,38)(H,32,40)(H,42,43)/t14-,15-,16-,17-,19-,20+/m0/s1. The normalized spacial score (nSPS) is 17.6. The molecule has 0 saturated carbocycles. The predicted molar refractivity (Wildman–Crippen MR) is 164 cm³/mol. The van der Waals surface area contributed by atoms with Crippen LogP contribution in [-0.2, 0) is 40.0 Å². The van der Waals surface area contributed by atoms with Crippen molar-refractivity contribution >= 4 is 66.7 Å². The molecular weight excluding hydrogens is 634 g/mol. The number of phenols is 1. The summed E-state index contributed by atoms with van der Waals surface area (Å²) in [4.78, 5) is 88.0. The molecule has 0 aliphatic carbocycles. The van der Waals surface area contributed by atoms with Crippen LogP contribution in [0.5, 0.6) is 5.75 Å². The number of carbonyl (C=O) groups is 7. The molecule has 1 aromatic rings. The number of nitrogens with zero attached hydrogens (tertiary/aromatic N) is 1. The molecular formula is C26H37N7O10S2. The van der Waals surface area contributed by atoms with Crippen molar-refractivity contribution in [1.29, 1.82) is 0 Å². The number of aromatic hydroxyl groups is 1. The van der Waals surface area contributed by atoms with Crippen LogP contribution < -0.4 is 32.7 Å². The number of primary amides is 1. The van der Waals surface area contributed by atoms with Crippen LogP contribution in [0.25, 0.3) is 0 Å². The number of benzene rings is 1. The lowest BCUT2D eigenvalue weighted by atomic mass is 10.0. The first-order valence-corrected chi connectivity index (χ1v) is 14.8. The summed E-state index contributed by atoms with van der Waals surface area (Å²) in [5, 5.41) is 35.9. The van der Waals surface area contributed by atoms with Gasteiger partial charge in [0, 0.05) is 18.7 Å². The third-order valence-electron chi connectivity index (χ3n) is 6.85. The van der Waals surface area contributed by atoms with E-state index < -0.39 is 90.0 Å². The number of carboxylic acid groups (broad SMARTS) is 1. The second-order valence-electron chi connectivity index (χ2n) is 10.1. The minimum absolute atomic E-state index is 0.0365. The zero-order chi connectivity index (χ0) is 33.8. The lowest BCUT2D eigenvalue weighted by Crippen LogP contribution is -2.59. The van der Waals surface area contributed by atoms with Gasteiger partial charge >= 0.3 is 5.97 Å². The van der Waals surface area contributed by atoms with E-state index in [1.54, 1.807) is 0 Å². The Labute approximate surface area is 268 Å². The molecule has 45 heavy (non-hydrogen) atoms. The molecule has 0 spiro atoms. The number of phenolic OH excluding ortho intramolecular Hbond substituents is 1. The lowest BCUT2D eigenvalue weighted by Gasteiger charge is -2.27. The number of rotatable bonds is 16. The van der Waals surface area contributed by atoms with Crippen molar-refractivity contribution in [3.8, 4) is 5.75 Å². The van der Waals surface area contributed by atoms with Crippen LogP contribution in [0.4, 0.5) is 0 Å². The smallest absolute Gasteiger partial charge is 0.318 e. The number of hydrogen-bond donors (Lipinski definition) is 11. The first kappa shape index (κ1) is 37.1. The maximum atomic E-state index is 13.2. The molecule has 1 heterocycles. The van der Waals surface area contributed by atoms with Crippen molar-refractivity contribution in [1.82, 2.24) is 26.2 Å².